The SMILES string of the molecule is Cc1ccc2nc(-c3ccc(F)cc3)c(N)n2c1.Cc1ccc2nc(-c3ccc(F)cc3)c(NC(=O)C(F)(F)F)n2c1.Cc1ccc2nc(-c3ccc(F)cc3)c(NC(C)(C)C)n2c1.[K+].[OH-]. The Labute approximate surface area is 418 Å². The molecule has 6 heterocycles. The van der Waals surface area contributed by atoms with E-state index in [0.717, 1.165) is 50.6 Å². The molecule has 11 nitrogen and oxygen atoms in total. The van der Waals surface area contributed by atoms with Crippen LogP contribution in [0.5, 0.6) is 0 Å². The maximum atomic E-state index is 13.2. The second-order valence-corrected chi connectivity index (χ2v) is 16.1. The molecule has 0 spiro atoms. The fourth-order valence-electron chi connectivity index (χ4n) is 6.68. The van der Waals surface area contributed by atoms with Crippen molar-refractivity contribution in [2.45, 2.75) is 53.3 Å². The summed E-state index contributed by atoms with van der Waals surface area (Å²) in [5.74, 6) is -1.72. The Kier molecular flexibility index (Phi) is 15.9. The molecule has 18 heteroatoms. The number of nitrogens with two attached hydrogens (primary N) is 1. The van der Waals surface area contributed by atoms with Crippen LogP contribution in [-0.2, 0) is 4.79 Å². The van der Waals surface area contributed by atoms with Crippen LogP contribution < -0.4 is 67.8 Å². The summed E-state index contributed by atoms with van der Waals surface area (Å²) in [6, 6.07) is 29.0. The van der Waals surface area contributed by atoms with Crippen molar-refractivity contribution in [3.05, 3.63) is 162 Å². The molecule has 0 saturated carbocycles. The molecular weight excluding hydrogens is 888 g/mol. The van der Waals surface area contributed by atoms with E-state index in [2.05, 4.69) is 53.6 Å². The van der Waals surface area contributed by atoms with Crippen LogP contribution in [0.2, 0.25) is 0 Å². The largest absolute Gasteiger partial charge is 1.00 e. The molecule has 1 amide bonds. The van der Waals surface area contributed by atoms with Gasteiger partial charge in [0.25, 0.3) is 0 Å². The number of nitrogen functional groups attached to an aromatic ring is 1. The number of nitrogens with zero attached hydrogens (tertiary/aromatic N) is 6. The number of rotatable bonds is 5. The summed E-state index contributed by atoms with van der Waals surface area (Å²) in [4.78, 5) is 24.8. The Morgan fingerprint density at radius 2 is 0.864 bits per heavy atom. The van der Waals surface area contributed by atoms with Gasteiger partial charge in [-0.25, -0.2) is 28.1 Å². The third kappa shape index (κ3) is 11.9. The van der Waals surface area contributed by atoms with Crippen LogP contribution in [0.3, 0.4) is 0 Å². The van der Waals surface area contributed by atoms with Gasteiger partial charge in [0.15, 0.2) is 0 Å². The van der Waals surface area contributed by atoms with E-state index in [1.807, 2.05) is 47.1 Å². The number of pyridine rings is 3. The first-order valence-corrected chi connectivity index (χ1v) is 19.9. The number of hydrogen-bond acceptors (Lipinski definition) is 7. The van der Waals surface area contributed by atoms with E-state index in [1.54, 1.807) is 49.5 Å². The van der Waals surface area contributed by atoms with Crippen molar-refractivity contribution in [2.75, 3.05) is 16.4 Å². The zero-order valence-electron chi connectivity index (χ0n) is 37.0. The summed E-state index contributed by atoms with van der Waals surface area (Å²) < 4.78 is 82.3. The van der Waals surface area contributed by atoms with Gasteiger partial charge in [0.05, 0.1) is 0 Å². The second kappa shape index (κ2) is 20.7. The standard InChI is InChI=1S/C18H20FN3.C16H11F4N3O.C14H12FN3.K.H2O/c1-12-5-10-15-20-16(13-6-8-14(19)9-7-13)17(22(15)11-12)21-18(2,3)4;1-9-2-7-12-21-13(10-3-5-11(17)6-4-10)14(23(12)8-9)22-15(24)16(18,19)20;1-9-2-7-12-17-13(14(16)18(12)8-9)10-3-5-11(15)6-4-10;;/h5-11,21H,1-4H3;2-8H,1H3,(H,22,24);2-8H,16H2,1H3;;1H2/q;;;+1;/p-1. The molecule has 6 aromatic heterocycles. The maximum Gasteiger partial charge on any atom is 1.00 e. The molecule has 0 radical (unpaired) electrons. The first-order chi connectivity index (χ1) is 30.2. The molecule has 336 valence electrons. The van der Waals surface area contributed by atoms with Crippen LogP contribution in [0.4, 0.5) is 43.8 Å². The van der Waals surface area contributed by atoms with Crippen LogP contribution in [-0.4, -0.2) is 51.3 Å². The molecule has 66 heavy (non-hydrogen) atoms. The van der Waals surface area contributed by atoms with Crippen molar-refractivity contribution in [3.8, 4) is 33.8 Å². The summed E-state index contributed by atoms with van der Waals surface area (Å²) in [6.45, 7) is 12.1. The van der Waals surface area contributed by atoms with Gasteiger partial charge in [-0.1, -0.05) is 18.2 Å². The minimum Gasteiger partial charge on any atom is -0.870 e. The van der Waals surface area contributed by atoms with E-state index in [0.29, 0.717) is 22.7 Å². The Bertz CT molecular complexity index is 3120. The number of nitrogens with one attached hydrogen (secondary N) is 2. The predicted molar refractivity (Wildman–Crippen MR) is 240 cm³/mol. The fraction of sp³-hybridized carbons (Fsp3) is 0.167. The van der Waals surface area contributed by atoms with E-state index < -0.39 is 17.9 Å². The Hall–Kier alpha value is -6.02. The molecule has 0 aliphatic carbocycles. The van der Waals surface area contributed by atoms with Gasteiger partial charge in [0.1, 0.15) is 68.9 Å². The minimum absolute atomic E-state index is 0. The minimum atomic E-state index is -5.03. The van der Waals surface area contributed by atoms with E-state index in [-0.39, 0.29) is 85.5 Å². The van der Waals surface area contributed by atoms with Crippen molar-refractivity contribution >= 4 is 40.3 Å². The molecule has 9 aromatic rings. The molecule has 0 bridgehead atoms. The molecule has 0 atom stereocenters. The van der Waals surface area contributed by atoms with E-state index in [1.165, 1.54) is 52.9 Å². The van der Waals surface area contributed by atoms with E-state index >= 15 is 0 Å². The number of alkyl halides is 3. The third-order valence-corrected chi connectivity index (χ3v) is 9.67. The first-order valence-electron chi connectivity index (χ1n) is 19.9. The van der Waals surface area contributed by atoms with E-state index in [9.17, 15) is 31.1 Å². The topological polar surface area (TPSA) is 149 Å². The number of amides is 1. The van der Waals surface area contributed by atoms with Crippen molar-refractivity contribution in [1.29, 1.82) is 0 Å². The number of halogens is 6. The molecule has 0 saturated heterocycles. The number of carbonyl (C=O) groups is 1. The predicted octanol–water partition coefficient (Wildman–Crippen LogP) is 8.47. The van der Waals surface area contributed by atoms with Crippen molar-refractivity contribution < 1.29 is 88.0 Å². The van der Waals surface area contributed by atoms with Gasteiger partial charge < -0.3 is 21.8 Å². The van der Waals surface area contributed by atoms with E-state index in [4.69, 9.17) is 10.7 Å². The number of benzene rings is 3. The quantitative estimate of drug-likeness (QED) is 0.116. The van der Waals surface area contributed by atoms with Crippen molar-refractivity contribution in [2.24, 2.45) is 0 Å². The van der Waals surface area contributed by atoms with Gasteiger partial charge in [0, 0.05) is 40.8 Å². The fourth-order valence-corrected chi connectivity index (χ4v) is 6.68. The van der Waals surface area contributed by atoms with Crippen LogP contribution in [0.25, 0.3) is 50.7 Å². The zero-order chi connectivity index (χ0) is 46.1. The molecule has 0 aliphatic heterocycles. The molecular formula is C48H44F6KN9O2. The monoisotopic (exact) mass is 931 g/mol. The summed E-state index contributed by atoms with van der Waals surface area (Å²) in [7, 11) is 0. The van der Waals surface area contributed by atoms with Gasteiger partial charge in [-0.2, -0.15) is 13.2 Å². The number of carbonyl (C=O) groups excluding carboxylic acids is 1. The number of fused-ring (bicyclic) bond motifs is 3. The molecule has 3 aromatic carbocycles. The van der Waals surface area contributed by atoms with Crippen LogP contribution in [0.1, 0.15) is 37.5 Å². The van der Waals surface area contributed by atoms with Gasteiger partial charge >= 0.3 is 63.5 Å². The van der Waals surface area contributed by atoms with Crippen molar-refractivity contribution in [3.63, 3.8) is 0 Å². The molecule has 0 aliphatic rings. The molecule has 0 fully saturated rings. The summed E-state index contributed by atoms with van der Waals surface area (Å²) in [5, 5.41) is 5.38. The number of hydrogen-bond donors (Lipinski definition) is 3. The normalized spacial score (nSPS) is 11.2. The Morgan fingerprint density at radius 1 is 0.530 bits per heavy atom. The average Bonchev–Trinajstić information content (AvgIpc) is 3.88. The first kappa shape index (κ1) is 51.0. The van der Waals surface area contributed by atoms with Gasteiger partial charge in [-0.15, -0.1) is 0 Å². The Balaban J connectivity index is 0.000000184. The number of imidazole rings is 3. The smallest absolute Gasteiger partial charge is 0.870 e. The summed E-state index contributed by atoms with van der Waals surface area (Å²) >= 11 is 0. The average molecular weight is 932 g/mol. The summed E-state index contributed by atoms with van der Waals surface area (Å²) in [6.07, 6.45) is 0.517. The maximum absolute atomic E-state index is 13.2. The van der Waals surface area contributed by atoms with Gasteiger partial charge in [-0.3, -0.25) is 18.0 Å². The number of anilines is 3. The number of aryl methyl sites for hydroxylation is 3. The Morgan fingerprint density at radius 3 is 1.26 bits per heavy atom. The molecule has 0 unspecified atom stereocenters. The third-order valence-electron chi connectivity index (χ3n) is 9.67. The summed E-state index contributed by atoms with van der Waals surface area (Å²) in [5.41, 5.74) is 14.8. The number of aromatic nitrogens is 6. The second-order valence-electron chi connectivity index (χ2n) is 16.1. The van der Waals surface area contributed by atoms with Gasteiger partial charge in [-0.05, 0) is 149 Å². The molecule has 5 N–H and O–H groups in total. The van der Waals surface area contributed by atoms with Crippen LogP contribution >= 0.6 is 0 Å². The van der Waals surface area contributed by atoms with Gasteiger partial charge in [0.2, 0.25) is 0 Å². The zero-order valence-corrected chi connectivity index (χ0v) is 40.1. The van der Waals surface area contributed by atoms with Crippen LogP contribution in [0.15, 0.2) is 128 Å². The van der Waals surface area contributed by atoms with Crippen molar-refractivity contribution in [1.82, 2.24) is 28.2 Å². The molecule has 9 rings (SSSR count). The van der Waals surface area contributed by atoms with Crippen LogP contribution in [0, 0.1) is 38.2 Å².